The predicted octanol–water partition coefficient (Wildman–Crippen LogP) is 2.56. The average molecular weight is 246 g/mol. The van der Waals surface area contributed by atoms with E-state index in [4.69, 9.17) is 16.0 Å². The van der Waals surface area contributed by atoms with E-state index in [0.717, 1.165) is 18.6 Å². The van der Waals surface area contributed by atoms with Gasteiger partial charge in [0.1, 0.15) is 0 Å². The Morgan fingerprint density at radius 3 is 3.07 bits per heavy atom. The summed E-state index contributed by atoms with van der Waals surface area (Å²) >= 11 is 7.47. The quantitative estimate of drug-likeness (QED) is 0.871. The molecular formula is C10H12ClNO2S. The van der Waals surface area contributed by atoms with Gasteiger partial charge in [0.2, 0.25) is 0 Å². The Bertz CT molecular complexity index is 347. The van der Waals surface area contributed by atoms with Crippen molar-refractivity contribution in [1.82, 2.24) is 5.32 Å². The van der Waals surface area contributed by atoms with Crippen LogP contribution in [0.25, 0.3) is 0 Å². The highest BCUT2D eigenvalue weighted by Gasteiger charge is 2.18. The van der Waals surface area contributed by atoms with Gasteiger partial charge in [-0.1, -0.05) is 0 Å². The molecule has 0 saturated carbocycles. The lowest BCUT2D eigenvalue weighted by Crippen LogP contribution is -2.38. The van der Waals surface area contributed by atoms with Crippen LogP contribution in [0.3, 0.4) is 0 Å². The molecule has 1 aromatic rings. The topological polar surface area (TPSA) is 42.2 Å². The van der Waals surface area contributed by atoms with Crippen molar-refractivity contribution in [2.24, 2.45) is 0 Å². The second kappa shape index (κ2) is 4.94. The van der Waals surface area contributed by atoms with Crippen molar-refractivity contribution < 1.29 is 9.21 Å². The van der Waals surface area contributed by atoms with Crippen molar-refractivity contribution in [3.8, 4) is 0 Å². The van der Waals surface area contributed by atoms with Crippen molar-refractivity contribution >= 4 is 29.3 Å². The van der Waals surface area contributed by atoms with Gasteiger partial charge in [-0.05, 0) is 42.3 Å². The number of halogens is 1. The number of hydrogen-bond acceptors (Lipinski definition) is 3. The summed E-state index contributed by atoms with van der Waals surface area (Å²) < 4.78 is 5.03. The number of furan rings is 1. The van der Waals surface area contributed by atoms with Gasteiger partial charge in [0, 0.05) is 11.8 Å². The minimum atomic E-state index is -0.172. The lowest BCUT2D eigenvalue weighted by molar-refractivity contribution is 0.0910. The molecular weight excluding hydrogens is 234 g/mol. The van der Waals surface area contributed by atoms with E-state index in [9.17, 15) is 4.79 Å². The van der Waals surface area contributed by atoms with Crippen LogP contribution in [0.1, 0.15) is 23.4 Å². The zero-order valence-corrected chi connectivity index (χ0v) is 9.74. The van der Waals surface area contributed by atoms with E-state index in [1.807, 2.05) is 11.8 Å². The first kappa shape index (κ1) is 10.9. The van der Waals surface area contributed by atoms with Crippen molar-refractivity contribution in [2.75, 3.05) is 11.5 Å². The molecule has 2 heterocycles. The standard InChI is InChI=1S/C10H12ClNO2S/c11-9-4-3-8(14-9)10(13)12-7-2-1-5-15-6-7/h3-4,7H,1-2,5-6H2,(H,12,13). The van der Waals surface area contributed by atoms with Crippen molar-refractivity contribution in [3.05, 3.63) is 23.1 Å². The Hall–Kier alpha value is -0.610. The molecule has 2 rings (SSSR count). The van der Waals surface area contributed by atoms with Crippen LogP contribution in [-0.2, 0) is 0 Å². The van der Waals surface area contributed by atoms with Crippen LogP contribution in [0, 0.1) is 0 Å². The summed E-state index contributed by atoms with van der Waals surface area (Å²) in [6, 6.07) is 3.43. The molecule has 5 heteroatoms. The SMILES string of the molecule is O=C(NC1CCCSC1)c1ccc(Cl)o1. The maximum atomic E-state index is 11.7. The first-order chi connectivity index (χ1) is 7.25. The van der Waals surface area contributed by atoms with E-state index >= 15 is 0 Å². The number of rotatable bonds is 2. The van der Waals surface area contributed by atoms with Gasteiger partial charge in [-0.15, -0.1) is 0 Å². The molecule has 82 valence electrons. The molecule has 1 unspecified atom stereocenters. The Kier molecular flexibility index (Phi) is 3.59. The Morgan fingerprint density at radius 2 is 2.47 bits per heavy atom. The Morgan fingerprint density at radius 1 is 1.60 bits per heavy atom. The molecule has 0 spiro atoms. The van der Waals surface area contributed by atoms with E-state index in [-0.39, 0.29) is 22.9 Å². The molecule has 0 bridgehead atoms. The van der Waals surface area contributed by atoms with E-state index in [1.54, 1.807) is 12.1 Å². The lowest BCUT2D eigenvalue weighted by Gasteiger charge is -2.21. The third-order valence-electron chi connectivity index (χ3n) is 2.29. The van der Waals surface area contributed by atoms with Gasteiger partial charge < -0.3 is 9.73 Å². The third-order valence-corrected chi connectivity index (χ3v) is 3.71. The summed E-state index contributed by atoms with van der Waals surface area (Å²) in [5.74, 6) is 2.30. The number of nitrogens with one attached hydrogen (secondary N) is 1. The second-order valence-electron chi connectivity index (χ2n) is 3.49. The summed E-state index contributed by atoms with van der Waals surface area (Å²) in [4.78, 5) is 11.7. The number of carbonyl (C=O) groups is 1. The van der Waals surface area contributed by atoms with Gasteiger partial charge in [-0.3, -0.25) is 4.79 Å². The molecule has 1 aliphatic heterocycles. The van der Waals surface area contributed by atoms with Crippen LogP contribution < -0.4 is 5.32 Å². The van der Waals surface area contributed by atoms with Gasteiger partial charge >= 0.3 is 0 Å². The first-order valence-electron chi connectivity index (χ1n) is 4.89. The van der Waals surface area contributed by atoms with Crippen LogP contribution in [-0.4, -0.2) is 23.5 Å². The third kappa shape index (κ3) is 2.92. The normalized spacial score (nSPS) is 21.3. The van der Waals surface area contributed by atoms with Crippen molar-refractivity contribution in [3.63, 3.8) is 0 Å². The maximum Gasteiger partial charge on any atom is 0.287 e. The fraction of sp³-hybridized carbons (Fsp3) is 0.500. The Balaban J connectivity index is 1.91. The van der Waals surface area contributed by atoms with E-state index in [2.05, 4.69) is 5.32 Å². The fourth-order valence-corrected chi connectivity index (χ4v) is 2.77. The molecule has 3 nitrogen and oxygen atoms in total. The van der Waals surface area contributed by atoms with E-state index in [0.29, 0.717) is 0 Å². The van der Waals surface area contributed by atoms with Gasteiger partial charge in [0.05, 0.1) is 0 Å². The van der Waals surface area contributed by atoms with Crippen molar-refractivity contribution in [2.45, 2.75) is 18.9 Å². The van der Waals surface area contributed by atoms with Gasteiger partial charge in [-0.2, -0.15) is 11.8 Å². The molecule has 15 heavy (non-hydrogen) atoms. The van der Waals surface area contributed by atoms with Crippen LogP contribution >= 0.6 is 23.4 Å². The zero-order chi connectivity index (χ0) is 10.7. The minimum Gasteiger partial charge on any atom is -0.440 e. The lowest BCUT2D eigenvalue weighted by atomic mass is 10.2. The fourth-order valence-electron chi connectivity index (χ4n) is 1.55. The highest BCUT2D eigenvalue weighted by Crippen LogP contribution is 2.18. The van der Waals surface area contributed by atoms with E-state index in [1.165, 1.54) is 5.75 Å². The molecule has 1 atom stereocenters. The van der Waals surface area contributed by atoms with E-state index < -0.39 is 0 Å². The highest BCUT2D eigenvalue weighted by atomic mass is 35.5. The van der Waals surface area contributed by atoms with Gasteiger partial charge in [0.25, 0.3) is 5.91 Å². The van der Waals surface area contributed by atoms with Crippen molar-refractivity contribution in [1.29, 1.82) is 0 Å². The average Bonchev–Trinajstić information content (AvgIpc) is 2.66. The molecule has 1 N–H and O–H groups in total. The molecule has 1 aromatic heterocycles. The zero-order valence-electron chi connectivity index (χ0n) is 8.16. The monoisotopic (exact) mass is 245 g/mol. The number of carbonyl (C=O) groups excluding carboxylic acids is 1. The minimum absolute atomic E-state index is 0.172. The summed E-state index contributed by atoms with van der Waals surface area (Å²) in [6.45, 7) is 0. The largest absolute Gasteiger partial charge is 0.440 e. The van der Waals surface area contributed by atoms with Crippen LogP contribution in [0.2, 0.25) is 5.22 Å². The smallest absolute Gasteiger partial charge is 0.287 e. The summed E-state index contributed by atoms with van der Waals surface area (Å²) in [5, 5.41) is 3.18. The van der Waals surface area contributed by atoms with Crippen LogP contribution in [0.15, 0.2) is 16.5 Å². The summed E-state index contributed by atoms with van der Waals surface area (Å²) in [5.41, 5.74) is 0. The molecule has 1 fully saturated rings. The number of thioether (sulfide) groups is 1. The highest BCUT2D eigenvalue weighted by molar-refractivity contribution is 7.99. The number of hydrogen-bond donors (Lipinski definition) is 1. The van der Waals surface area contributed by atoms with Gasteiger partial charge in [0.15, 0.2) is 11.0 Å². The molecule has 1 amide bonds. The predicted molar refractivity (Wildman–Crippen MR) is 61.5 cm³/mol. The number of amides is 1. The second-order valence-corrected chi connectivity index (χ2v) is 5.01. The first-order valence-corrected chi connectivity index (χ1v) is 6.43. The summed E-state index contributed by atoms with van der Waals surface area (Å²) in [6.07, 6.45) is 2.21. The molecule has 1 aliphatic rings. The molecule has 0 aliphatic carbocycles. The maximum absolute atomic E-state index is 11.7. The van der Waals surface area contributed by atoms with Crippen LogP contribution in [0.4, 0.5) is 0 Å². The Labute approximate surface area is 97.5 Å². The molecule has 1 saturated heterocycles. The van der Waals surface area contributed by atoms with Gasteiger partial charge in [-0.25, -0.2) is 0 Å². The molecule has 0 aromatic carbocycles. The van der Waals surface area contributed by atoms with Crippen LogP contribution in [0.5, 0.6) is 0 Å². The molecule has 0 radical (unpaired) electrons. The summed E-state index contributed by atoms with van der Waals surface area (Å²) in [7, 11) is 0.